The summed E-state index contributed by atoms with van der Waals surface area (Å²) in [5, 5.41) is 23.0. The standard InChI is InChI=1S/C22H23N5O4S/c1-3-12-26-20(13-16-8-6-5-7-9-16)24-25-22(26)32-15-21(28)23-18-11-10-17(31-4-2)14-19(18)27(29)30/h3,5-11,14H,1,4,12-13,15H2,2H3,(H,23,28). The Hall–Kier alpha value is -3.66. The van der Waals surface area contributed by atoms with Gasteiger partial charge in [0.15, 0.2) is 5.16 Å². The molecule has 3 rings (SSSR count). The SMILES string of the molecule is C=CCn1c(Cc2ccccc2)nnc1SCC(=O)Nc1ccc(OCC)cc1[N+](=O)[O-]. The van der Waals surface area contributed by atoms with Gasteiger partial charge < -0.3 is 14.6 Å². The van der Waals surface area contributed by atoms with E-state index in [1.807, 2.05) is 34.9 Å². The minimum absolute atomic E-state index is 0.0188. The Bertz CT molecular complexity index is 1100. The second-order valence-corrected chi connectivity index (χ2v) is 7.61. The van der Waals surface area contributed by atoms with E-state index in [0.717, 1.165) is 11.4 Å². The van der Waals surface area contributed by atoms with Crippen LogP contribution in [-0.2, 0) is 17.8 Å². The largest absolute Gasteiger partial charge is 0.494 e. The van der Waals surface area contributed by atoms with Crippen LogP contribution < -0.4 is 10.1 Å². The van der Waals surface area contributed by atoms with Gasteiger partial charge >= 0.3 is 0 Å². The van der Waals surface area contributed by atoms with Crippen molar-refractivity contribution < 1.29 is 14.5 Å². The summed E-state index contributed by atoms with van der Waals surface area (Å²) in [5.41, 5.74) is 0.984. The van der Waals surface area contributed by atoms with Gasteiger partial charge in [0, 0.05) is 13.0 Å². The Morgan fingerprint density at radius 3 is 2.75 bits per heavy atom. The number of hydrogen-bond donors (Lipinski definition) is 1. The van der Waals surface area contributed by atoms with E-state index in [1.165, 1.54) is 23.9 Å². The lowest BCUT2D eigenvalue weighted by Gasteiger charge is -2.09. The predicted octanol–water partition coefficient (Wildman–Crippen LogP) is 4.09. The molecule has 1 heterocycles. The zero-order chi connectivity index (χ0) is 22.9. The van der Waals surface area contributed by atoms with Gasteiger partial charge in [0.05, 0.1) is 23.3 Å². The third kappa shape index (κ3) is 5.94. The summed E-state index contributed by atoms with van der Waals surface area (Å²) in [4.78, 5) is 23.3. The van der Waals surface area contributed by atoms with Gasteiger partial charge in [-0.15, -0.1) is 16.8 Å². The van der Waals surface area contributed by atoms with Gasteiger partial charge in [-0.3, -0.25) is 14.9 Å². The van der Waals surface area contributed by atoms with Crippen molar-refractivity contribution in [3.05, 3.63) is 82.7 Å². The number of nitrogens with one attached hydrogen (secondary N) is 1. The Morgan fingerprint density at radius 1 is 1.28 bits per heavy atom. The molecule has 3 aromatic rings. The lowest BCUT2D eigenvalue weighted by molar-refractivity contribution is -0.384. The van der Waals surface area contributed by atoms with Gasteiger partial charge in [-0.05, 0) is 24.6 Å². The highest BCUT2D eigenvalue weighted by Gasteiger charge is 2.19. The van der Waals surface area contributed by atoms with Gasteiger partial charge in [-0.2, -0.15) is 0 Å². The summed E-state index contributed by atoms with van der Waals surface area (Å²) in [6, 6.07) is 14.2. The number of nitrogens with zero attached hydrogens (tertiary/aromatic N) is 4. The fourth-order valence-electron chi connectivity index (χ4n) is 2.99. The van der Waals surface area contributed by atoms with Crippen molar-refractivity contribution in [1.82, 2.24) is 14.8 Å². The first kappa shape index (κ1) is 23.0. The molecule has 1 amide bonds. The van der Waals surface area contributed by atoms with Crippen molar-refractivity contribution in [2.24, 2.45) is 0 Å². The summed E-state index contributed by atoms with van der Waals surface area (Å²) in [7, 11) is 0. The van der Waals surface area contributed by atoms with E-state index < -0.39 is 4.92 Å². The molecule has 0 radical (unpaired) electrons. The highest BCUT2D eigenvalue weighted by Crippen LogP contribution is 2.29. The first-order valence-electron chi connectivity index (χ1n) is 9.92. The van der Waals surface area contributed by atoms with Crippen LogP contribution in [0.2, 0.25) is 0 Å². The number of ether oxygens (including phenoxy) is 1. The van der Waals surface area contributed by atoms with E-state index >= 15 is 0 Å². The molecule has 0 saturated heterocycles. The molecule has 0 fully saturated rings. The molecule has 0 aliphatic rings. The maximum absolute atomic E-state index is 12.5. The monoisotopic (exact) mass is 453 g/mol. The highest BCUT2D eigenvalue weighted by molar-refractivity contribution is 7.99. The molecule has 1 N–H and O–H groups in total. The van der Waals surface area contributed by atoms with Crippen molar-refractivity contribution in [3.8, 4) is 5.75 Å². The maximum atomic E-state index is 12.5. The number of amides is 1. The fourth-order valence-corrected chi connectivity index (χ4v) is 3.76. The molecular weight excluding hydrogens is 430 g/mol. The van der Waals surface area contributed by atoms with Crippen LogP contribution in [-0.4, -0.2) is 38.0 Å². The molecule has 0 bridgehead atoms. The number of thioether (sulfide) groups is 1. The van der Waals surface area contributed by atoms with Crippen molar-refractivity contribution in [2.45, 2.75) is 25.0 Å². The molecule has 0 aliphatic heterocycles. The third-order valence-electron chi connectivity index (χ3n) is 4.39. The van der Waals surface area contributed by atoms with Gasteiger partial charge in [0.2, 0.25) is 5.91 Å². The van der Waals surface area contributed by atoms with Crippen molar-refractivity contribution in [3.63, 3.8) is 0 Å². The number of carbonyl (C=O) groups is 1. The summed E-state index contributed by atoms with van der Waals surface area (Å²) < 4.78 is 7.20. The summed E-state index contributed by atoms with van der Waals surface area (Å²) in [6.07, 6.45) is 2.35. The smallest absolute Gasteiger partial charge is 0.296 e. The van der Waals surface area contributed by atoms with E-state index in [0.29, 0.717) is 30.5 Å². The molecule has 0 atom stereocenters. The fraction of sp³-hybridized carbons (Fsp3) is 0.227. The Kier molecular flexibility index (Phi) is 7.98. The number of rotatable bonds is 11. The van der Waals surface area contributed by atoms with E-state index in [9.17, 15) is 14.9 Å². The van der Waals surface area contributed by atoms with E-state index in [4.69, 9.17) is 4.74 Å². The summed E-state index contributed by atoms with van der Waals surface area (Å²) >= 11 is 1.21. The number of aromatic nitrogens is 3. The molecular formula is C22H23N5O4S. The predicted molar refractivity (Wildman–Crippen MR) is 123 cm³/mol. The lowest BCUT2D eigenvalue weighted by Crippen LogP contribution is -2.16. The van der Waals surface area contributed by atoms with Crippen molar-refractivity contribution in [1.29, 1.82) is 0 Å². The van der Waals surface area contributed by atoms with E-state index in [1.54, 1.807) is 19.1 Å². The molecule has 0 unspecified atom stereocenters. The number of nitro groups is 1. The normalized spacial score (nSPS) is 10.5. The second-order valence-electron chi connectivity index (χ2n) is 6.67. The Labute approximate surface area is 189 Å². The molecule has 1 aromatic heterocycles. The van der Waals surface area contributed by atoms with Crippen LogP contribution in [0.5, 0.6) is 5.75 Å². The average molecular weight is 454 g/mol. The van der Waals surface area contributed by atoms with Gasteiger partial charge in [0.25, 0.3) is 5.69 Å². The van der Waals surface area contributed by atoms with Crippen LogP contribution in [0.15, 0.2) is 66.3 Å². The van der Waals surface area contributed by atoms with Crippen LogP contribution in [0.25, 0.3) is 0 Å². The molecule has 166 valence electrons. The minimum Gasteiger partial charge on any atom is -0.494 e. The molecule has 0 saturated carbocycles. The highest BCUT2D eigenvalue weighted by atomic mass is 32.2. The number of anilines is 1. The molecule has 10 heteroatoms. The first-order chi connectivity index (χ1) is 15.5. The average Bonchev–Trinajstić information content (AvgIpc) is 3.15. The number of hydrogen-bond acceptors (Lipinski definition) is 7. The molecule has 2 aromatic carbocycles. The third-order valence-corrected chi connectivity index (χ3v) is 5.36. The number of carbonyl (C=O) groups excluding carboxylic acids is 1. The summed E-state index contributed by atoms with van der Waals surface area (Å²) in [6.45, 7) is 6.46. The van der Waals surface area contributed by atoms with E-state index in [2.05, 4.69) is 22.1 Å². The quantitative estimate of drug-likeness (QED) is 0.201. The van der Waals surface area contributed by atoms with Crippen LogP contribution >= 0.6 is 11.8 Å². The second kappa shape index (κ2) is 11.1. The van der Waals surface area contributed by atoms with Gasteiger partial charge in [0.1, 0.15) is 17.3 Å². The minimum atomic E-state index is -0.554. The van der Waals surface area contributed by atoms with Crippen LogP contribution in [0.1, 0.15) is 18.3 Å². The lowest BCUT2D eigenvalue weighted by atomic mass is 10.1. The molecule has 32 heavy (non-hydrogen) atoms. The zero-order valence-electron chi connectivity index (χ0n) is 17.6. The van der Waals surface area contributed by atoms with Crippen molar-refractivity contribution >= 4 is 29.0 Å². The Balaban J connectivity index is 1.68. The topological polar surface area (TPSA) is 112 Å². The first-order valence-corrected chi connectivity index (χ1v) is 10.9. The number of benzene rings is 2. The Morgan fingerprint density at radius 2 is 2.06 bits per heavy atom. The van der Waals surface area contributed by atoms with Crippen LogP contribution in [0.3, 0.4) is 0 Å². The van der Waals surface area contributed by atoms with Gasteiger partial charge in [-0.25, -0.2) is 0 Å². The van der Waals surface area contributed by atoms with Crippen molar-refractivity contribution in [2.75, 3.05) is 17.7 Å². The molecule has 9 nitrogen and oxygen atoms in total. The maximum Gasteiger partial charge on any atom is 0.296 e. The van der Waals surface area contributed by atoms with E-state index in [-0.39, 0.29) is 23.0 Å². The summed E-state index contributed by atoms with van der Waals surface area (Å²) in [5.74, 6) is 0.765. The van der Waals surface area contributed by atoms with Gasteiger partial charge in [-0.1, -0.05) is 48.2 Å². The molecule has 0 spiro atoms. The number of nitro benzene ring substituents is 1. The van der Waals surface area contributed by atoms with Crippen LogP contribution in [0, 0.1) is 10.1 Å². The molecule has 0 aliphatic carbocycles. The number of allylic oxidation sites excluding steroid dienone is 1. The van der Waals surface area contributed by atoms with Crippen LogP contribution in [0.4, 0.5) is 11.4 Å². The zero-order valence-corrected chi connectivity index (χ0v) is 18.4.